The van der Waals surface area contributed by atoms with Gasteiger partial charge in [-0.15, -0.1) is 24.8 Å². The van der Waals surface area contributed by atoms with Gasteiger partial charge in [0.05, 0.1) is 13.2 Å². The van der Waals surface area contributed by atoms with Crippen LogP contribution in [0.5, 0.6) is 0 Å². The molecule has 0 spiro atoms. The zero-order valence-corrected chi connectivity index (χ0v) is 15.1. The first-order valence-electron chi connectivity index (χ1n) is 7.54. The van der Waals surface area contributed by atoms with Gasteiger partial charge in [0.15, 0.2) is 0 Å². The summed E-state index contributed by atoms with van der Waals surface area (Å²) in [4.78, 5) is 14.1. The molecular formula is C16H27Cl2N3O2. The lowest BCUT2D eigenvalue weighted by Crippen LogP contribution is -2.35. The molecular weight excluding hydrogens is 337 g/mol. The lowest BCUT2D eigenvalue weighted by Gasteiger charge is -2.26. The molecule has 132 valence electrons. The third-order valence-electron chi connectivity index (χ3n) is 3.80. The van der Waals surface area contributed by atoms with Crippen molar-refractivity contribution in [2.45, 2.75) is 20.0 Å². The molecule has 1 atom stereocenters. The zero-order chi connectivity index (χ0) is 15.1. The molecule has 1 unspecified atom stereocenters. The SMILES string of the molecule is CC(CN)C(=O)NCc1ccc(CN2CCOCC2)cc1.Cl.Cl. The van der Waals surface area contributed by atoms with Gasteiger partial charge < -0.3 is 15.8 Å². The van der Waals surface area contributed by atoms with Gasteiger partial charge >= 0.3 is 0 Å². The van der Waals surface area contributed by atoms with E-state index in [4.69, 9.17) is 10.5 Å². The first-order valence-corrected chi connectivity index (χ1v) is 7.54. The summed E-state index contributed by atoms with van der Waals surface area (Å²) in [6.07, 6.45) is 0. The maximum atomic E-state index is 11.7. The van der Waals surface area contributed by atoms with Gasteiger partial charge in [0.2, 0.25) is 5.91 Å². The third-order valence-corrected chi connectivity index (χ3v) is 3.80. The fraction of sp³-hybridized carbons (Fsp3) is 0.562. The van der Waals surface area contributed by atoms with Crippen LogP contribution in [0.15, 0.2) is 24.3 Å². The van der Waals surface area contributed by atoms with Crippen LogP contribution in [0, 0.1) is 5.92 Å². The molecule has 7 heteroatoms. The Kier molecular flexibility index (Phi) is 11.2. The quantitative estimate of drug-likeness (QED) is 0.804. The molecule has 0 radical (unpaired) electrons. The first kappa shape index (κ1) is 22.1. The number of carbonyl (C=O) groups excluding carboxylic acids is 1. The minimum atomic E-state index is -0.134. The largest absolute Gasteiger partial charge is 0.379 e. The Balaban J connectivity index is 0.00000242. The van der Waals surface area contributed by atoms with Gasteiger partial charge in [0, 0.05) is 38.6 Å². The topological polar surface area (TPSA) is 67.6 Å². The minimum Gasteiger partial charge on any atom is -0.379 e. The average molecular weight is 364 g/mol. The van der Waals surface area contributed by atoms with Crippen molar-refractivity contribution in [2.24, 2.45) is 11.7 Å². The number of nitrogens with one attached hydrogen (secondary N) is 1. The number of rotatable bonds is 6. The third kappa shape index (κ3) is 7.50. The smallest absolute Gasteiger partial charge is 0.224 e. The number of halogens is 2. The summed E-state index contributed by atoms with van der Waals surface area (Å²) in [6, 6.07) is 8.40. The maximum absolute atomic E-state index is 11.7. The molecule has 0 aromatic heterocycles. The average Bonchev–Trinajstić information content (AvgIpc) is 2.54. The number of benzene rings is 1. The van der Waals surface area contributed by atoms with Crippen molar-refractivity contribution < 1.29 is 9.53 Å². The zero-order valence-electron chi connectivity index (χ0n) is 13.5. The number of hydrogen-bond acceptors (Lipinski definition) is 4. The van der Waals surface area contributed by atoms with Crippen molar-refractivity contribution in [3.05, 3.63) is 35.4 Å². The number of hydrogen-bond donors (Lipinski definition) is 2. The molecule has 1 saturated heterocycles. The van der Waals surface area contributed by atoms with E-state index in [-0.39, 0.29) is 36.6 Å². The predicted octanol–water partition coefficient (Wildman–Crippen LogP) is 1.57. The molecule has 0 saturated carbocycles. The van der Waals surface area contributed by atoms with E-state index < -0.39 is 0 Å². The van der Waals surface area contributed by atoms with Crippen molar-refractivity contribution in [1.82, 2.24) is 10.2 Å². The van der Waals surface area contributed by atoms with Crippen LogP contribution in [-0.4, -0.2) is 43.7 Å². The van der Waals surface area contributed by atoms with Crippen LogP contribution in [0.1, 0.15) is 18.1 Å². The number of nitrogens with zero attached hydrogens (tertiary/aromatic N) is 1. The highest BCUT2D eigenvalue weighted by molar-refractivity contribution is 5.85. The van der Waals surface area contributed by atoms with Crippen LogP contribution in [0.4, 0.5) is 0 Å². The molecule has 1 heterocycles. The highest BCUT2D eigenvalue weighted by atomic mass is 35.5. The number of amides is 1. The second-order valence-corrected chi connectivity index (χ2v) is 5.56. The normalized spacial score (nSPS) is 15.9. The van der Waals surface area contributed by atoms with Gasteiger partial charge in [-0.25, -0.2) is 0 Å². The van der Waals surface area contributed by atoms with Crippen LogP contribution in [0.25, 0.3) is 0 Å². The van der Waals surface area contributed by atoms with Gasteiger partial charge in [-0.2, -0.15) is 0 Å². The fourth-order valence-corrected chi connectivity index (χ4v) is 2.25. The minimum absolute atomic E-state index is 0. The highest BCUT2D eigenvalue weighted by Gasteiger charge is 2.11. The Morgan fingerprint density at radius 1 is 1.22 bits per heavy atom. The number of nitrogens with two attached hydrogens (primary N) is 1. The monoisotopic (exact) mass is 363 g/mol. The molecule has 1 aliphatic rings. The Morgan fingerprint density at radius 2 is 1.78 bits per heavy atom. The number of carbonyl (C=O) groups is 1. The van der Waals surface area contributed by atoms with Crippen molar-refractivity contribution in [1.29, 1.82) is 0 Å². The molecule has 1 aromatic rings. The summed E-state index contributed by atoms with van der Waals surface area (Å²) < 4.78 is 5.35. The molecule has 0 bridgehead atoms. The van der Waals surface area contributed by atoms with E-state index in [1.54, 1.807) is 0 Å². The van der Waals surface area contributed by atoms with Crippen LogP contribution >= 0.6 is 24.8 Å². The molecule has 1 fully saturated rings. The lowest BCUT2D eigenvalue weighted by atomic mass is 10.1. The Morgan fingerprint density at radius 3 is 2.35 bits per heavy atom. The molecule has 3 N–H and O–H groups in total. The van der Waals surface area contributed by atoms with E-state index >= 15 is 0 Å². The molecule has 0 aliphatic carbocycles. The predicted molar refractivity (Wildman–Crippen MR) is 97.1 cm³/mol. The molecule has 1 amide bonds. The second-order valence-electron chi connectivity index (χ2n) is 5.56. The van der Waals surface area contributed by atoms with E-state index in [0.29, 0.717) is 13.1 Å². The Bertz CT molecular complexity index is 451. The van der Waals surface area contributed by atoms with E-state index in [1.807, 2.05) is 6.92 Å². The van der Waals surface area contributed by atoms with Crippen molar-refractivity contribution in [2.75, 3.05) is 32.8 Å². The molecule has 5 nitrogen and oxygen atoms in total. The summed E-state index contributed by atoms with van der Waals surface area (Å²) in [6.45, 7) is 7.36. The van der Waals surface area contributed by atoms with E-state index in [9.17, 15) is 4.79 Å². The molecule has 2 rings (SSSR count). The summed E-state index contributed by atoms with van der Waals surface area (Å²) in [5, 5.41) is 2.90. The van der Waals surface area contributed by atoms with E-state index in [0.717, 1.165) is 38.4 Å². The second kappa shape index (κ2) is 11.6. The van der Waals surface area contributed by atoms with Crippen LogP contribution in [-0.2, 0) is 22.6 Å². The lowest BCUT2D eigenvalue weighted by molar-refractivity contribution is -0.124. The molecule has 1 aromatic carbocycles. The van der Waals surface area contributed by atoms with Gasteiger partial charge in [0.25, 0.3) is 0 Å². The summed E-state index contributed by atoms with van der Waals surface area (Å²) >= 11 is 0. The molecule has 1 aliphatic heterocycles. The molecule has 23 heavy (non-hydrogen) atoms. The first-order chi connectivity index (χ1) is 10.2. The van der Waals surface area contributed by atoms with E-state index in [2.05, 4.69) is 34.5 Å². The summed E-state index contributed by atoms with van der Waals surface area (Å²) in [5.41, 5.74) is 7.88. The number of morpholine rings is 1. The van der Waals surface area contributed by atoms with Gasteiger partial charge in [-0.3, -0.25) is 9.69 Å². The van der Waals surface area contributed by atoms with Crippen molar-refractivity contribution in [3.8, 4) is 0 Å². The van der Waals surface area contributed by atoms with Crippen LogP contribution in [0.2, 0.25) is 0 Å². The fourth-order valence-electron chi connectivity index (χ4n) is 2.25. The van der Waals surface area contributed by atoms with Gasteiger partial charge in [-0.05, 0) is 11.1 Å². The van der Waals surface area contributed by atoms with Gasteiger partial charge in [0.1, 0.15) is 0 Å². The van der Waals surface area contributed by atoms with Crippen molar-refractivity contribution in [3.63, 3.8) is 0 Å². The summed E-state index contributed by atoms with van der Waals surface area (Å²) in [5.74, 6) is -0.125. The van der Waals surface area contributed by atoms with Crippen LogP contribution < -0.4 is 11.1 Å². The van der Waals surface area contributed by atoms with E-state index in [1.165, 1.54) is 5.56 Å². The number of ether oxygens (including phenoxy) is 1. The summed E-state index contributed by atoms with van der Waals surface area (Å²) in [7, 11) is 0. The van der Waals surface area contributed by atoms with Crippen molar-refractivity contribution >= 4 is 30.7 Å². The highest BCUT2D eigenvalue weighted by Crippen LogP contribution is 2.09. The van der Waals surface area contributed by atoms with Crippen LogP contribution in [0.3, 0.4) is 0 Å². The standard InChI is InChI=1S/C16H25N3O2.2ClH/c1-13(10-17)16(20)18-11-14-2-4-15(5-3-14)12-19-6-8-21-9-7-19;;/h2-5,13H,6-12,17H2,1H3,(H,18,20);2*1H. The maximum Gasteiger partial charge on any atom is 0.224 e. The Labute approximate surface area is 150 Å². The Hall–Kier alpha value is -0.850. The van der Waals surface area contributed by atoms with Gasteiger partial charge in [-0.1, -0.05) is 31.2 Å².